The Morgan fingerprint density at radius 1 is 0.920 bits per heavy atom. The smallest absolute Gasteiger partial charge is 0.407 e. The molecule has 1 aliphatic heterocycles. The Morgan fingerprint density at radius 3 is 2.44 bits per heavy atom. The number of amides is 1. The number of hydrogen-bond acceptors (Lipinski definition) is 7. The number of carbonyl (C=O) groups is 2. The number of nitrogens with zero attached hydrogens (tertiary/aromatic N) is 1. The second-order valence-corrected chi connectivity index (χ2v) is 19.5. The van der Waals surface area contributed by atoms with Gasteiger partial charge in [0.2, 0.25) is 0 Å². The van der Waals surface area contributed by atoms with Crippen LogP contribution in [0.5, 0.6) is 11.5 Å². The maximum absolute atomic E-state index is 12.5. The lowest BCUT2D eigenvalue weighted by Gasteiger charge is -2.37. The van der Waals surface area contributed by atoms with Crippen LogP contribution >= 0.6 is 11.6 Å². The number of piperidine rings is 1. The highest BCUT2D eigenvalue weighted by atomic mass is 35.5. The van der Waals surface area contributed by atoms with Crippen molar-refractivity contribution in [1.29, 1.82) is 0 Å². The fourth-order valence-electron chi connectivity index (χ4n) is 5.94. The molecule has 1 fully saturated rings. The summed E-state index contributed by atoms with van der Waals surface area (Å²) >= 11 is 5.94. The molecule has 0 saturated carbocycles. The number of halogens is 1. The van der Waals surface area contributed by atoms with Crippen molar-refractivity contribution in [2.75, 3.05) is 39.7 Å². The first-order chi connectivity index (χ1) is 24.1. The number of benzene rings is 4. The highest BCUT2D eigenvalue weighted by molar-refractivity contribution is 6.76. The Hall–Kier alpha value is -4.09. The predicted octanol–water partition coefficient (Wildman–Crippen LogP) is 8.56. The third-order valence-corrected chi connectivity index (χ3v) is 10.7. The van der Waals surface area contributed by atoms with E-state index < -0.39 is 20.1 Å². The van der Waals surface area contributed by atoms with E-state index in [1.165, 1.54) is 4.90 Å². The van der Waals surface area contributed by atoms with E-state index in [-0.39, 0.29) is 44.5 Å². The van der Waals surface area contributed by atoms with Crippen LogP contribution in [0.15, 0.2) is 84.9 Å². The highest BCUT2D eigenvalue weighted by Crippen LogP contribution is 2.34. The van der Waals surface area contributed by atoms with Gasteiger partial charge < -0.3 is 33.7 Å². The molecule has 0 bridgehead atoms. The molecular formula is C39H46ClNO8Si. The summed E-state index contributed by atoms with van der Waals surface area (Å²) in [6.45, 7) is 9.06. The number of hydrogen-bond donors (Lipinski definition) is 1. The molecule has 5 rings (SSSR count). The SMILES string of the molecule is C[Si](C)(C)CCOCOc1cc(COC2CN(C(=O)O)CCC2c2ccc(OCCOC(=O)c3ccccc3CCl)cc2)cc2ccccc12. The molecule has 4 aromatic carbocycles. The maximum atomic E-state index is 12.5. The quantitative estimate of drug-likeness (QED) is 0.0404. The van der Waals surface area contributed by atoms with Crippen molar-refractivity contribution in [2.24, 2.45) is 0 Å². The minimum atomic E-state index is -1.20. The number of carbonyl (C=O) groups excluding carboxylic acids is 1. The molecule has 50 heavy (non-hydrogen) atoms. The van der Waals surface area contributed by atoms with Crippen molar-refractivity contribution in [3.63, 3.8) is 0 Å². The van der Waals surface area contributed by atoms with Gasteiger partial charge in [-0.25, -0.2) is 9.59 Å². The molecule has 0 aliphatic carbocycles. The van der Waals surface area contributed by atoms with Gasteiger partial charge in [-0.2, -0.15) is 0 Å². The minimum Gasteiger partial charge on any atom is -0.490 e. The molecule has 0 radical (unpaired) electrons. The van der Waals surface area contributed by atoms with E-state index >= 15 is 0 Å². The van der Waals surface area contributed by atoms with Gasteiger partial charge in [-0.3, -0.25) is 0 Å². The Bertz CT molecular complexity index is 1730. The molecule has 1 aliphatic rings. The summed E-state index contributed by atoms with van der Waals surface area (Å²) in [5.41, 5.74) is 3.14. The zero-order valence-corrected chi connectivity index (χ0v) is 30.7. The minimum absolute atomic E-state index is 0.0152. The normalized spacial score (nSPS) is 16.3. The molecule has 0 aromatic heterocycles. The Kier molecular flexibility index (Phi) is 13.2. The van der Waals surface area contributed by atoms with Crippen molar-refractivity contribution >= 4 is 42.5 Å². The van der Waals surface area contributed by atoms with Gasteiger partial charge in [0.25, 0.3) is 0 Å². The Labute approximate surface area is 300 Å². The molecule has 266 valence electrons. The summed E-state index contributed by atoms with van der Waals surface area (Å²) in [7, 11) is -1.20. The van der Waals surface area contributed by atoms with E-state index in [1.807, 2.05) is 60.7 Å². The van der Waals surface area contributed by atoms with Crippen LogP contribution in [0.25, 0.3) is 10.8 Å². The van der Waals surface area contributed by atoms with E-state index in [9.17, 15) is 14.7 Å². The number of fused-ring (bicyclic) bond motifs is 1. The van der Waals surface area contributed by atoms with Crippen LogP contribution < -0.4 is 9.47 Å². The number of carboxylic acid groups (broad SMARTS) is 1. The molecule has 1 amide bonds. The van der Waals surface area contributed by atoms with Gasteiger partial charge >= 0.3 is 12.1 Å². The molecule has 4 aromatic rings. The van der Waals surface area contributed by atoms with Crippen LogP contribution in [0.3, 0.4) is 0 Å². The largest absolute Gasteiger partial charge is 0.490 e. The fraction of sp³-hybridized carbons (Fsp3) is 0.385. The van der Waals surface area contributed by atoms with E-state index in [2.05, 4.69) is 25.7 Å². The lowest BCUT2D eigenvalue weighted by Crippen LogP contribution is -2.46. The number of rotatable bonds is 16. The molecule has 1 heterocycles. The number of esters is 1. The molecule has 1 N–H and O–H groups in total. The zero-order valence-electron chi connectivity index (χ0n) is 28.9. The number of ether oxygens (including phenoxy) is 5. The third-order valence-electron chi connectivity index (χ3n) is 8.75. The Balaban J connectivity index is 1.20. The van der Waals surface area contributed by atoms with Gasteiger partial charge in [0.05, 0.1) is 24.8 Å². The van der Waals surface area contributed by atoms with Crippen LogP contribution in [0.2, 0.25) is 25.7 Å². The molecule has 2 atom stereocenters. The summed E-state index contributed by atoms with van der Waals surface area (Å²) < 4.78 is 29.6. The standard InChI is InChI=1S/C39H46ClNO8Si/c1-50(2,3)21-20-45-27-49-36-23-28(22-30-8-4-6-10-33(30)36)26-48-37-25-41(39(43)44)17-16-34(37)29-12-14-32(15-13-29)46-18-19-47-38(42)35-11-7-5-9-31(35)24-40/h4-15,22-23,34,37H,16-21,24-27H2,1-3H3,(H,43,44). The number of alkyl halides is 1. The molecule has 1 saturated heterocycles. The Morgan fingerprint density at radius 2 is 1.68 bits per heavy atom. The van der Waals surface area contributed by atoms with Crippen LogP contribution in [-0.4, -0.2) is 75.9 Å². The van der Waals surface area contributed by atoms with Crippen molar-refractivity contribution in [3.8, 4) is 11.5 Å². The zero-order chi connectivity index (χ0) is 35.5. The number of likely N-dealkylation sites (tertiary alicyclic amines) is 1. The first-order valence-corrected chi connectivity index (χ1v) is 21.2. The average molecular weight is 720 g/mol. The summed E-state index contributed by atoms with van der Waals surface area (Å²) in [5.74, 6) is 1.14. The predicted molar refractivity (Wildman–Crippen MR) is 197 cm³/mol. The van der Waals surface area contributed by atoms with Crippen molar-refractivity contribution in [1.82, 2.24) is 4.90 Å². The van der Waals surface area contributed by atoms with E-state index in [0.29, 0.717) is 37.5 Å². The fourth-order valence-corrected chi connectivity index (χ4v) is 6.93. The van der Waals surface area contributed by atoms with Crippen LogP contribution in [-0.2, 0) is 26.7 Å². The lowest BCUT2D eigenvalue weighted by molar-refractivity contribution is -0.0201. The first-order valence-electron chi connectivity index (χ1n) is 17.0. The third kappa shape index (κ3) is 10.5. The molecular weight excluding hydrogens is 674 g/mol. The van der Waals surface area contributed by atoms with Crippen molar-refractivity contribution in [2.45, 2.75) is 56.6 Å². The lowest BCUT2D eigenvalue weighted by atomic mass is 9.87. The van der Waals surface area contributed by atoms with Gasteiger partial charge in [-0.15, -0.1) is 11.6 Å². The second kappa shape index (κ2) is 17.7. The summed E-state index contributed by atoms with van der Waals surface area (Å²) in [6, 6.07) is 28.0. The second-order valence-electron chi connectivity index (χ2n) is 13.6. The van der Waals surface area contributed by atoms with E-state index in [0.717, 1.165) is 39.3 Å². The van der Waals surface area contributed by atoms with Gasteiger partial charge in [0.1, 0.15) is 24.7 Å². The van der Waals surface area contributed by atoms with E-state index in [4.69, 9.17) is 35.3 Å². The van der Waals surface area contributed by atoms with Gasteiger partial charge in [-0.1, -0.05) is 74.2 Å². The monoisotopic (exact) mass is 719 g/mol. The summed E-state index contributed by atoms with van der Waals surface area (Å²) in [4.78, 5) is 25.8. The summed E-state index contributed by atoms with van der Waals surface area (Å²) in [6.07, 6.45) is -0.691. The topological polar surface area (TPSA) is 104 Å². The highest BCUT2D eigenvalue weighted by Gasteiger charge is 2.33. The summed E-state index contributed by atoms with van der Waals surface area (Å²) in [5, 5.41) is 11.8. The first kappa shape index (κ1) is 37.2. The van der Waals surface area contributed by atoms with Crippen LogP contribution in [0.4, 0.5) is 4.79 Å². The van der Waals surface area contributed by atoms with Crippen LogP contribution in [0, 0.1) is 0 Å². The van der Waals surface area contributed by atoms with Gasteiger partial charge in [-0.05, 0) is 64.9 Å². The van der Waals surface area contributed by atoms with Gasteiger partial charge in [0.15, 0.2) is 6.79 Å². The van der Waals surface area contributed by atoms with Crippen molar-refractivity contribution < 1.29 is 38.4 Å². The average Bonchev–Trinajstić information content (AvgIpc) is 3.11. The van der Waals surface area contributed by atoms with Crippen LogP contribution in [0.1, 0.15) is 39.4 Å². The molecule has 9 nitrogen and oxygen atoms in total. The van der Waals surface area contributed by atoms with Gasteiger partial charge in [0, 0.05) is 38.4 Å². The molecule has 0 spiro atoms. The van der Waals surface area contributed by atoms with Crippen molar-refractivity contribution in [3.05, 3.63) is 107 Å². The maximum Gasteiger partial charge on any atom is 0.407 e. The van der Waals surface area contributed by atoms with E-state index in [1.54, 1.807) is 18.2 Å². The molecule has 11 heteroatoms. The molecule has 2 unspecified atom stereocenters.